The van der Waals surface area contributed by atoms with E-state index in [9.17, 15) is 20.1 Å². The van der Waals surface area contributed by atoms with Gasteiger partial charge in [-0.3, -0.25) is 4.79 Å². The maximum atomic E-state index is 12.2. The number of aliphatic hydroxyl groups is 1. The molecule has 5 heteroatoms. The van der Waals surface area contributed by atoms with Crippen molar-refractivity contribution in [3.05, 3.63) is 23.8 Å². The Morgan fingerprint density at radius 1 is 1.33 bits per heavy atom. The molecule has 1 saturated heterocycles. The molecular formula is C13H17NO4. The Bertz CT molecular complexity index is 440. The first-order valence-corrected chi connectivity index (χ1v) is 5.99. The highest BCUT2D eigenvalue weighted by Gasteiger charge is 2.30. The molecule has 3 N–H and O–H groups in total. The highest BCUT2D eigenvalue weighted by atomic mass is 16.3. The largest absolute Gasteiger partial charge is 0.507 e. The Morgan fingerprint density at radius 2 is 1.94 bits per heavy atom. The van der Waals surface area contributed by atoms with E-state index in [2.05, 4.69) is 0 Å². The van der Waals surface area contributed by atoms with Gasteiger partial charge in [0.2, 0.25) is 0 Å². The van der Waals surface area contributed by atoms with Gasteiger partial charge in [-0.1, -0.05) is 13.0 Å². The SMILES string of the molecule is CC1CN(C(=O)c2c(O)cccc2O)CCC1O. The van der Waals surface area contributed by atoms with Crippen molar-refractivity contribution in [2.75, 3.05) is 13.1 Å². The lowest BCUT2D eigenvalue weighted by atomic mass is 9.96. The van der Waals surface area contributed by atoms with E-state index >= 15 is 0 Å². The Kier molecular flexibility index (Phi) is 3.43. The molecule has 0 radical (unpaired) electrons. The lowest BCUT2D eigenvalue weighted by molar-refractivity contribution is 0.0294. The standard InChI is InChI=1S/C13H17NO4/c1-8-7-14(6-5-9(8)15)13(18)12-10(16)3-2-4-11(12)17/h2-4,8-9,15-17H,5-7H2,1H3. The van der Waals surface area contributed by atoms with E-state index in [4.69, 9.17) is 0 Å². The third-order valence-electron chi connectivity index (χ3n) is 3.38. The molecule has 1 aliphatic heterocycles. The number of phenolic OH excluding ortho intramolecular Hbond substituents is 2. The molecule has 5 nitrogen and oxygen atoms in total. The lowest BCUT2D eigenvalue weighted by Gasteiger charge is -2.34. The number of aromatic hydroxyl groups is 2. The fourth-order valence-electron chi connectivity index (χ4n) is 2.22. The summed E-state index contributed by atoms with van der Waals surface area (Å²) >= 11 is 0. The van der Waals surface area contributed by atoms with Crippen LogP contribution in [0.2, 0.25) is 0 Å². The monoisotopic (exact) mass is 251 g/mol. The average molecular weight is 251 g/mol. The number of benzene rings is 1. The van der Waals surface area contributed by atoms with Crippen LogP contribution in [0.3, 0.4) is 0 Å². The van der Waals surface area contributed by atoms with E-state index in [-0.39, 0.29) is 23.0 Å². The second kappa shape index (κ2) is 4.86. The highest BCUT2D eigenvalue weighted by molar-refractivity contribution is 5.99. The fraction of sp³-hybridized carbons (Fsp3) is 0.462. The predicted molar refractivity (Wildman–Crippen MR) is 65.5 cm³/mol. The first kappa shape index (κ1) is 12.7. The molecule has 0 saturated carbocycles. The number of likely N-dealkylation sites (tertiary alicyclic amines) is 1. The molecule has 1 heterocycles. The number of nitrogens with zero attached hydrogens (tertiary/aromatic N) is 1. The molecule has 0 aliphatic carbocycles. The minimum Gasteiger partial charge on any atom is -0.507 e. The molecular weight excluding hydrogens is 234 g/mol. The van der Waals surface area contributed by atoms with Crippen LogP contribution in [-0.4, -0.2) is 45.3 Å². The van der Waals surface area contributed by atoms with Gasteiger partial charge < -0.3 is 20.2 Å². The molecule has 18 heavy (non-hydrogen) atoms. The Balaban J connectivity index is 2.22. The van der Waals surface area contributed by atoms with E-state index in [0.29, 0.717) is 19.5 Å². The molecule has 1 aliphatic rings. The summed E-state index contributed by atoms with van der Waals surface area (Å²) < 4.78 is 0. The third kappa shape index (κ3) is 2.26. The molecule has 1 aromatic rings. The molecule has 1 aromatic carbocycles. The van der Waals surface area contributed by atoms with Crippen molar-refractivity contribution in [1.29, 1.82) is 0 Å². The summed E-state index contributed by atoms with van der Waals surface area (Å²) in [6, 6.07) is 4.22. The van der Waals surface area contributed by atoms with E-state index in [0.717, 1.165) is 0 Å². The molecule has 0 aromatic heterocycles. The Labute approximate surface area is 105 Å². The zero-order valence-corrected chi connectivity index (χ0v) is 10.2. The van der Waals surface area contributed by atoms with Crippen LogP contribution in [0.5, 0.6) is 11.5 Å². The number of amides is 1. The Hall–Kier alpha value is -1.75. The van der Waals surface area contributed by atoms with Crippen molar-refractivity contribution in [2.45, 2.75) is 19.4 Å². The number of piperidine rings is 1. The van der Waals surface area contributed by atoms with Gasteiger partial charge in [0.05, 0.1) is 6.10 Å². The van der Waals surface area contributed by atoms with E-state index < -0.39 is 12.0 Å². The number of phenols is 2. The summed E-state index contributed by atoms with van der Waals surface area (Å²) in [4.78, 5) is 13.8. The molecule has 2 rings (SSSR count). The van der Waals surface area contributed by atoms with Crippen LogP contribution in [0.15, 0.2) is 18.2 Å². The van der Waals surface area contributed by atoms with Crippen molar-refractivity contribution in [3.63, 3.8) is 0 Å². The third-order valence-corrected chi connectivity index (χ3v) is 3.38. The molecule has 0 spiro atoms. The zero-order valence-electron chi connectivity index (χ0n) is 10.2. The van der Waals surface area contributed by atoms with Crippen molar-refractivity contribution in [2.24, 2.45) is 5.92 Å². The fourth-order valence-corrected chi connectivity index (χ4v) is 2.22. The number of carbonyl (C=O) groups excluding carboxylic acids is 1. The maximum Gasteiger partial charge on any atom is 0.261 e. The van der Waals surface area contributed by atoms with Crippen molar-refractivity contribution >= 4 is 5.91 Å². The molecule has 2 atom stereocenters. The predicted octanol–water partition coefficient (Wildman–Crippen LogP) is 0.941. The van der Waals surface area contributed by atoms with E-state index in [1.54, 1.807) is 4.90 Å². The zero-order chi connectivity index (χ0) is 13.3. The average Bonchev–Trinajstić information content (AvgIpc) is 2.32. The van der Waals surface area contributed by atoms with Gasteiger partial charge in [-0.25, -0.2) is 0 Å². The minimum atomic E-state index is -0.399. The quantitative estimate of drug-likeness (QED) is 0.694. The van der Waals surface area contributed by atoms with Gasteiger partial charge in [-0.2, -0.15) is 0 Å². The lowest BCUT2D eigenvalue weighted by Crippen LogP contribution is -2.45. The summed E-state index contributed by atoms with van der Waals surface area (Å²) in [6.07, 6.45) is 0.119. The molecule has 2 unspecified atom stereocenters. The van der Waals surface area contributed by atoms with Crippen molar-refractivity contribution in [1.82, 2.24) is 4.90 Å². The molecule has 1 fully saturated rings. The second-order valence-electron chi connectivity index (χ2n) is 4.76. The topological polar surface area (TPSA) is 81.0 Å². The van der Waals surface area contributed by atoms with Crippen LogP contribution in [0, 0.1) is 5.92 Å². The van der Waals surface area contributed by atoms with Crippen LogP contribution < -0.4 is 0 Å². The summed E-state index contributed by atoms with van der Waals surface area (Å²) in [7, 11) is 0. The van der Waals surface area contributed by atoms with E-state index in [1.165, 1.54) is 18.2 Å². The Morgan fingerprint density at radius 3 is 2.50 bits per heavy atom. The van der Waals surface area contributed by atoms with Crippen LogP contribution in [0.25, 0.3) is 0 Å². The van der Waals surface area contributed by atoms with Crippen molar-refractivity contribution in [3.8, 4) is 11.5 Å². The number of hydrogen-bond donors (Lipinski definition) is 3. The van der Waals surface area contributed by atoms with Gasteiger partial charge in [0, 0.05) is 13.1 Å². The second-order valence-corrected chi connectivity index (χ2v) is 4.76. The highest BCUT2D eigenvalue weighted by Crippen LogP contribution is 2.29. The van der Waals surface area contributed by atoms with Gasteiger partial charge in [0.25, 0.3) is 5.91 Å². The van der Waals surface area contributed by atoms with Gasteiger partial charge in [0.1, 0.15) is 17.1 Å². The smallest absolute Gasteiger partial charge is 0.261 e. The summed E-state index contributed by atoms with van der Waals surface area (Å²) in [6.45, 7) is 2.72. The molecule has 0 bridgehead atoms. The van der Waals surface area contributed by atoms with Gasteiger partial charge >= 0.3 is 0 Å². The summed E-state index contributed by atoms with van der Waals surface area (Å²) in [5, 5.41) is 28.9. The van der Waals surface area contributed by atoms with Crippen LogP contribution in [0.4, 0.5) is 0 Å². The van der Waals surface area contributed by atoms with Gasteiger partial charge in [-0.05, 0) is 24.5 Å². The minimum absolute atomic E-state index is 0.00398. The van der Waals surface area contributed by atoms with Crippen LogP contribution >= 0.6 is 0 Å². The summed E-state index contributed by atoms with van der Waals surface area (Å²) in [5.41, 5.74) is -0.0684. The molecule has 1 amide bonds. The van der Waals surface area contributed by atoms with Gasteiger partial charge in [-0.15, -0.1) is 0 Å². The van der Waals surface area contributed by atoms with Crippen LogP contribution in [0.1, 0.15) is 23.7 Å². The summed E-state index contributed by atoms with van der Waals surface area (Å²) in [5.74, 6) is -0.849. The van der Waals surface area contributed by atoms with Crippen molar-refractivity contribution < 1.29 is 20.1 Å². The number of carbonyl (C=O) groups is 1. The number of aliphatic hydroxyl groups excluding tert-OH is 1. The van der Waals surface area contributed by atoms with Crippen LogP contribution in [-0.2, 0) is 0 Å². The number of hydrogen-bond acceptors (Lipinski definition) is 4. The van der Waals surface area contributed by atoms with E-state index in [1.807, 2.05) is 6.92 Å². The first-order chi connectivity index (χ1) is 8.50. The normalized spacial score (nSPS) is 24.0. The molecule has 98 valence electrons. The van der Waals surface area contributed by atoms with Gasteiger partial charge in [0.15, 0.2) is 0 Å². The number of rotatable bonds is 1. The maximum absolute atomic E-state index is 12.2. The first-order valence-electron chi connectivity index (χ1n) is 5.99.